The number of carbonyl (C=O) groups excluding carboxylic acids is 2. The first-order valence-electron chi connectivity index (χ1n) is 10.9. The van der Waals surface area contributed by atoms with E-state index in [4.69, 9.17) is 27.9 Å². The van der Waals surface area contributed by atoms with E-state index >= 15 is 0 Å². The maximum atomic E-state index is 14.4. The number of ether oxygens (including phenoxy) is 1. The molecule has 0 aliphatic heterocycles. The maximum Gasteiger partial charge on any atom is 0.263 e. The second-order valence-electron chi connectivity index (χ2n) is 8.37. The number of Topliss-reactive ketones (excluding diaryl/α,β-unsaturated/α-hetero) is 1. The van der Waals surface area contributed by atoms with Crippen molar-refractivity contribution < 1.29 is 18.7 Å². The van der Waals surface area contributed by atoms with E-state index in [1.54, 1.807) is 30.5 Å². The van der Waals surface area contributed by atoms with Gasteiger partial charge in [0.1, 0.15) is 5.82 Å². The number of halogens is 3. The van der Waals surface area contributed by atoms with E-state index < -0.39 is 11.7 Å². The minimum atomic E-state index is -0.717. The molecule has 0 atom stereocenters. The van der Waals surface area contributed by atoms with Crippen molar-refractivity contribution in [1.82, 2.24) is 4.98 Å². The molecule has 1 saturated carbocycles. The molecule has 2 aromatic carbocycles. The van der Waals surface area contributed by atoms with E-state index in [2.05, 4.69) is 4.98 Å². The average Bonchev–Trinajstić information content (AvgIpc) is 2.77. The van der Waals surface area contributed by atoms with Crippen LogP contribution >= 0.6 is 23.2 Å². The maximum absolute atomic E-state index is 14.4. The van der Waals surface area contributed by atoms with Crippen molar-refractivity contribution in [3.8, 4) is 16.9 Å². The summed E-state index contributed by atoms with van der Waals surface area (Å²) < 4.78 is 20.5. The van der Waals surface area contributed by atoms with Gasteiger partial charge in [0.25, 0.3) is 5.91 Å². The highest BCUT2D eigenvalue weighted by molar-refractivity contribution is 6.34. The van der Waals surface area contributed by atoms with E-state index in [9.17, 15) is 14.0 Å². The summed E-state index contributed by atoms with van der Waals surface area (Å²) in [4.78, 5) is 30.7. The number of rotatable bonds is 7. The van der Waals surface area contributed by atoms with Crippen LogP contribution in [0.2, 0.25) is 10.0 Å². The third-order valence-corrected chi connectivity index (χ3v) is 6.66. The fourth-order valence-corrected chi connectivity index (χ4v) is 4.21. The molecule has 1 aliphatic rings. The van der Waals surface area contributed by atoms with E-state index in [0.717, 1.165) is 19.3 Å². The Balaban J connectivity index is 1.74. The number of hydrogen-bond donors (Lipinski definition) is 0. The molecule has 1 aromatic heterocycles. The molecule has 1 heterocycles. The van der Waals surface area contributed by atoms with Crippen LogP contribution in [0.5, 0.6) is 5.75 Å². The van der Waals surface area contributed by atoms with Gasteiger partial charge in [-0.3, -0.25) is 14.5 Å². The van der Waals surface area contributed by atoms with Crippen molar-refractivity contribution >= 4 is 40.7 Å². The van der Waals surface area contributed by atoms with Crippen molar-refractivity contribution in [3.63, 3.8) is 0 Å². The summed E-state index contributed by atoms with van der Waals surface area (Å²) in [5, 5.41) is 0.463. The van der Waals surface area contributed by atoms with Crippen LogP contribution in [0.4, 0.5) is 10.2 Å². The van der Waals surface area contributed by atoms with Gasteiger partial charge in [0.15, 0.2) is 17.4 Å². The number of amides is 1. The molecule has 5 nitrogen and oxygen atoms in total. The van der Waals surface area contributed by atoms with Crippen LogP contribution in [0.3, 0.4) is 0 Å². The van der Waals surface area contributed by atoms with Gasteiger partial charge < -0.3 is 4.74 Å². The summed E-state index contributed by atoms with van der Waals surface area (Å²) in [6, 6.07) is 10.8. The molecule has 0 spiro atoms. The summed E-state index contributed by atoms with van der Waals surface area (Å²) >= 11 is 12.5. The molecule has 0 N–H and O–H groups in total. The molecular weight excluding hydrogens is 478 g/mol. The second-order valence-corrected chi connectivity index (χ2v) is 9.18. The van der Waals surface area contributed by atoms with Gasteiger partial charge >= 0.3 is 0 Å². The summed E-state index contributed by atoms with van der Waals surface area (Å²) in [5.74, 6) is -0.429. The average molecular weight is 501 g/mol. The van der Waals surface area contributed by atoms with Crippen molar-refractivity contribution in [3.05, 3.63) is 75.7 Å². The Hall–Kier alpha value is -2.96. The van der Waals surface area contributed by atoms with Crippen LogP contribution in [0.1, 0.15) is 46.9 Å². The predicted molar refractivity (Wildman–Crippen MR) is 132 cm³/mol. The third kappa shape index (κ3) is 4.93. The fraction of sp³-hybridized carbons (Fsp3) is 0.269. The summed E-state index contributed by atoms with van der Waals surface area (Å²) in [6.45, 7) is 1.96. The molecule has 176 valence electrons. The Morgan fingerprint density at radius 3 is 2.56 bits per heavy atom. The zero-order valence-corrected chi connectivity index (χ0v) is 20.3. The summed E-state index contributed by atoms with van der Waals surface area (Å²) in [6.07, 6.45) is 4.86. The predicted octanol–water partition coefficient (Wildman–Crippen LogP) is 6.85. The normalized spacial score (nSPS) is 13.3. The topological polar surface area (TPSA) is 59.5 Å². The van der Waals surface area contributed by atoms with Gasteiger partial charge in [0, 0.05) is 35.0 Å². The van der Waals surface area contributed by atoms with Gasteiger partial charge in [0.2, 0.25) is 0 Å². The summed E-state index contributed by atoms with van der Waals surface area (Å²) in [5.41, 5.74) is 1.53. The first-order chi connectivity index (χ1) is 16.3. The first kappa shape index (κ1) is 24.2. The molecule has 8 heteroatoms. The highest BCUT2D eigenvalue weighted by atomic mass is 35.5. The number of anilines is 1. The lowest BCUT2D eigenvalue weighted by molar-refractivity contribution is 0.0984. The monoisotopic (exact) mass is 500 g/mol. The zero-order valence-electron chi connectivity index (χ0n) is 18.8. The van der Waals surface area contributed by atoms with Crippen LogP contribution in [-0.4, -0.2) is 30.3 Å². The fourth-order valence-electron chi connectivity index (χ4n) is 3.74. The lowest BCUT2D eigenvalue weighted by Gasteiger charge is -2.27. The number of carbonyl (C=O) groups is 2. The Morgan fingerprint density at radius 1 is 1.15 bits per heavy atom. The number of ketones is 1. The molecule has 1 amide bonds. The van der Waals surface area contributed by atoms with Gasteiger partial charge in [-0.05, 0) is 62.1 Å². The summed E-state index contributed by atoms with van der Waals surface area (Å²) in [7, 11) is 1.49. The standard InChI is InChI=1S/C26H23Cl2FN2O3/c1-15(32)17-9-10-20(27)19(11-17)18-12-23(34-14-16-5-3-6-16)25(30-13-18)31(2)26(33)24-21(28)7-4-8-22(24)29/h4,7-13,16H,3,5-6,14H2,1-2H3. The molecule has 1 aliphatic carbocycles. The van der Waals surface area contributed by atoms with E-state index in [1.807, 2.05) is 0 Å². The number of benzene rings is 2. The van der Waals surface area contributed by atoms with E-state index in [1.165, 1.54) is 37.1 Å². The molecular formula is C26H23Cl2FN2O3. The highest BCUT2D eigenvalue weighted by Gasteiger charge is 2.26. The van der Waals surface area contributed by atoms with Crippen LogP contribution in [0.15, 0.2) is 48.7 Å². The minimum absolute atomic E-state index is 0.0123. The number of nitrogens with zero attached hydrogens (tertiary/aromatic N) is 2. The highest BCUT2D eigenvalue weighted by Crippen LogP contribution is 2.37. The molecule has 0 radical (unpaired) electrons. The Kier molecular flexibility index (Phi) is 7.19. The minimum Gasteiger partial charge on any atom is -0.489 e. The van der Waals surface area contributed by atoms with Crippen molar-refractivity contribution in [1.29, 1.82) is 0 Å². The molecule has 1 fully saturated rings. The Morgan fingerprint density at radius 2 is 1.91 bits per heavy atom. The lowest BCUT2D eigenvalue weighted by atomic mass is 9.86. The lowest BCUT2D eigenvalue weighted by Crippen LogP contribution is -2.29. The molecule has 0 saturated heterocycles. The largest absolute Gasteiger partial charge is 0.489 e. The quantitative estimate of drug-likeness (QED) is 0.332. The second kappa shape index (κ2) is 10.1. The smallest absolute Gasteiger partial charge is 0.263 e. The number of pyridine rings is 1. The number of hydrogen-bond acceptors (Lipinski definition) is 4. The van der Waals surface area contributed by atoms with Gasteiger partial charge in [-0.2, -0.15) is 0 Å². The zero-order chi connectivity index (χ0) is 24.4. The third-order valence-electron chi connectivity index (χ3n) is 6.02. The Labute approximate surface area is 207 Å². The number of aromatic nitrogens is 1. The van der Waals surface area contributed by atoms with Crippen molar-refractivity contribution in [2.45, 2.75) is 26.2 Å². The Bertz CT molecular complexity index is 1240. The molecule has 34 heavy (non-hydrogen) atoms. The van der Waals surface area contributed by atoms with Gasteiger partial charge in [0.05, 0.1) is 17.2 Å². The van der Waals surface area contributed by atoms with Gasteiger partial charge in [-0.25, -0.2) is 9.37 Å². The molecule has 0 bridgehead atoms. The van der Waals surface area contributed by atoms with Crippen LogP contribution in [-0.2, 0) is 0 Å². The van der Waals surface area contributed by atoms with Crippen LogP contribution < -0.4 is 9.64 Å². The molecule has 3 aromatic rings. The SMILES string of the molecule is CC(=O)c1ccc(Cl)c(-c2cnc(N(C)C(=O)c3c(F)cccc3Cl)c(OCC3CCC3)c2)c1. The van der Waals surface area contributed by atoms with Gasteiger partial charge in [-0.1, -0.05) is 35.7 Å². The van der Waals surface area contributed by atoms with E-state index in [0.29, 0.717) is 40.0 Å². The molecule has 0 unspecified atom stereocenters. The van der Waals surface area contributed by atoms with Crippen molar-refractivity contribution in [2.75, 3.05) is 18.6 Å². The van der Waals surface area contributed by atoms with Gasteiger partial charge in [-0.15, -0.1) is 0 Å². The first-order valence-corrected chi connectivity index (χ1v) is 11.7. The van der Waals surface area contributed by atoms with Crippen LogP contribution in [0, 0.1) is 11.7 Å². The van der Waals surface area contributed by atoms with E-state index in [-0.39, 0.29) is 22.2 Å². The van der Waals surface area contributed by atoms with Crippen LogP contribution in [0.25, 0.3) is 11.1 Å². The van der Waals surface area contributed by atoms with Crippen molar-refractivity contribution in [2.24, 2.45) is 5.92 Å². The molecule has 4 rings (SSSR count).